The fraction of sp³-hybridized carbons (Fsp3) is 0.465. The molecule has 0 radical (unpaired) electrons. The molecule has 0 spiro atoms. The van der Waals surface area contributed by atoms with Crippen molar-refractivity contribution in [3.63, 3.8) is 0 Å². The zero-order valence-electron chi connectivity index (χ0n) is 33.1. The minimum absolute atomic E-state index is 0.0202. The van der Waals surface area contributed by atoms with Gasteiger partial charge in [0.1, 0.15) is 11.8 Å². The Morgan fingerprint density at radius 2 is 1.68 bits per heavy atom. The van der Waals surface area contributed by atoms with Crippen LogP contribution in [0.15, 0.2) is 66.7 Å². The number of hydrogen-bond donors (Lipinski definition) is 3. The summed E-state index contributed by atoms with van der Waals surface area (Å²) in [6, 6.07) is 19.4. The summed E-state index contributed by atoms with van der Waals surface area (Å²) >= 11 is 0. The number of benzene rings is 3. The minimum Gasteiger partial charge on any atom is -0.493 e. The van der Waals surface area contributed by atoms with Crippen LogP contribution in [0.2, 0.25) is 0 Å². The minimum atomic E-state index is -4.69. The molecule has 3 N–H and O–H groups in total. The molecule has 2 fully saturated rings. The quantitative estimate of drug-likeness (QED) is 0.154. The molecule has 2 aliphatic heterocycles. The Morgan fingerprint density at radius 3 is 2.30 bits per heavy atom. The molecule has 0 bridgehead atoms. The number of nitriles is 1. The number of halogens is 3. The molecule has 3 unspecified atom stereocenters. The molecule has 4 amide bonds. The van der Waals surface area contributed by atoms with E-state index in [2.05, 4.69) is 39.6 Å². The molecule has 5 rings (SSSR count). The lowest BCUT2D eigenvalue weighted by molar-refractivity contribution is -0.138. The Balaban J connectivity index is 0.000000316. The molecule has 0 aliphatic carbocycles. The lowest BCUT2D eigenvalue weighted by Crippen LogP contribution is -2.52. The summed E-state index contributed by atoms with van der Waals surface area (Å²) in [6.45, 7) is 13.5. The van der Waals surface area contributed by atoms with Crippen molar-refractivity contribution in [3.8, 4) is 11.8 Å². The molecule has 3 atom stereocenters. The molecule has 2 saturated heterocycles. The summed E-state index contributed by atoms with van der Waals surface area (Å²) in [6.07, 6.45) is -0.0480. The average molecular weight is 791 g/mol. The highest BCUT2D eigenvalue weighted by atomic mass is 19.4. The van der Waals surface area contributed by atoms with Crippen molar-refractivity contribution in [1.82, 2.24) is 15.5 Å². The molecule has 11 nitrogen and oxygen atoms in total. The molecule has 3 aromatic carbocycles. The Labute approximate surface area is 332 Å². The summed E-state index contributed by atoms with van der Waals surface area (Å²) in [4.78, 5) is 51.7. The van der Waals surface area contributed by atoms with E-state index in [1.54, 1.807) is 6.92 Å². The summed E-state index contributed by atoms with van der Waals surface area (Å²) in [5.74, 6) is -0.575. The topological polar surface area (TPSA) is 144 Å². The molecule has 57 heavy (non-hydrogen) atoms. The number of anilines is 2. The number of ether oxygens (including phenoxy) is 1. The highest BCUT2D eigenvalue weighted by Crippen LogP contribution is 2.33. The van der Waals surface area contributed by atoms with E-state index in [-0.39, 0.29) is 37.0 Å². The third-order valence-corrected chi connectivity index (χ3v) is 10.2. The number of nitrogens with zero attached hydrogens (tertiary/aromatic N) is 3. The van der Waals surface area contributed by atoms with E-state index in [9.17, 15) is 32.3 Å². The van der Waals surface area contributed by atoms with Gasteiger partial charge in [-0.15, -0.1) is 0 Å². The molecule has 3 aromatic rings. The number of amides is 4. The molecule has 0 saturated carbocycles. The third kappa shape index (κ3) is 14.2. The summed E-state index contributed by atoms with van der Waals surface area (Å²) in [5.41, 5.74) is 1.57. The maximum Gasteiger partial charge on any atom is 0.417 e. The van der Waals surface area contributed by atoms with Crippen molar-refractivity contribution in [2.45, 2.75) is 78.4 Å². The van der Waals surface area contributed by atoms with Gasteiger partial charge in [-0.3, -0.25) is 29.4 Å². The van der Waals surface area contributed by atoms with Gasteiger partial charge >= 0.3 is 6.18 Å². The van der Waals surface area contributed by atoms with Gasteiger partial charge in [-0.2, -0.15) is 18.4 Å². The van der Waals surface area contributed by atoms with Gasteiger partial charge in [0.05, 0.1) is 36.1 Å². The average Bonchev–Trinajstić information content (AvgIpc) is 3.19. The highest BCUT2D eigenvalue weighted by molar-refractivity contribution is 6.01. The number of rotatable bonds is 14. The SMILES string of the molecule is CCC(C)CCCN1CCN(c2ccc(OCC(C)C(=O)Nc3ccc(C#N)c(C(F)(F)F)c3)cc2)CC1.Cc1ccc(CC(=O)NC2CCC(=O)NC2=O)cc1. The maximum atomic E-state index is 13.2. The molecular weight excluding hydrogens is 738 g/mol. The van der Waals surface area contributed by atoms with E-state index in [4.69, 9.17) is 10.00 Å². The second kappa shape index (κ2) is 21.2. The zero-order valence-corrected chi connectivity index (χ0v) is 33.1. The van der Waals surface area contributed by atoms with Gasteiger partial charge in [-0.1, -0.05) is 57.0 Å². The summed E-state index contributed by atoms with van der Waals surface area (Å²) in [5, 5.41) is 16.3. The first-order valence-corrected chi connectivity index (χ1v) is 19.5. The number of carbonyl (C=O) groups excluding carboxylic acids is 4. The van der Waals surface area contributed by atoms with Gasteiger partial charge in [0.2, 0.25) is 23.6 Å². The van der Waals surface area contributed by atoms with Crippen molar-refractivity contribution in [2.24, 2.45) is 11.8 Å². The van der Waals surface area contributed by atoms with Crippen molar-refractivity contribution < 1.29 is 37.1 Å². The van der Waals surface area contributed by atoms with E-state index >= 15 is 0 Å². The van der Waals surface area contributed by atoms with Crippen molar-refractivity contribution in [3.05, 3.63) is 89.0 Å². The van der Waals surface area contributed by atoms with E-state index in [0.717, 1.165) is 67.6 Å². The first-order valence-electron chi connectivity index (χ1n) is 19.5. The molecule has 2 heterocycles. The van der Waals surface area contributed by atoms with E-state index in [1.807, 2.05) is 55.5 Å². The van der Waals surface area contributed by atoms with Crippen LogP contribution >= 0.6 is 0 Å². The fourth-order valence-corrected chi connectivity index (χ4v) is 6.33. The summed E-state index contributed by atoms with van der Waals surface area (Å²) in [7, 11) is 0. The first kappa shape index (κ1) is 44.3. The number of hydrogen-bond acceptors (Lipinski definition) is 8. The number of carbonyl (C=O) groups is 4. The Bertz CT molecular complexity index is 1850. The largest absolute Gasteiger partial charge is 0.493 e. The van der Waals surface area contributed by atoms with Crippen LogP contribution in [0.25, 0.3) is 0 Å². The van der Waals surface area contributed by atoms with Crippen molar-refractivity contribution >= 4 is 35.0 Å². The van der Waals surface area contributed by atoms with Gasteiger partial charge in [-0.05, 0) is 86.7 Å². The molecule has 2 aliphatic rings. The predicted molar refractivity (Wildman–Crippen MR) is 212 cm³/mol. The third-order valence-electron chi connectivity index (χ3n) is 10.2. The van der Waals surface area contributed by atoms with Crippen LogP contribution in [-0.2, 0) is 31.8 Å². The smallest absolute Gasteiger partial charge is 0.417 e. The monoisotopic (exact) mass is 790 g/mol. The van der Waals surface area contributed by atoms with Crippen LogP contribution < -0.4 is 25.6 Å². The Morgan fingerprint density at radius 1 is 1.00 bits per heavy atom. The lowest BCUT2D eigenvalue weighted by atomic mass is 10.0. The first-order chi connectivity index (χ1) is 27.1. The molecule has 0 aromatic heterocycles. The van der Waals surface area contributed by atoms with E-state index < -0.39 is 41.1 Å². The van der Waals surface area contributed by atoms with Crippen molar-refractivity contribution in [1.29, 1.82) is 5.26 Å². The van der Waals surface area contributed by atoms with Gasteiger partial charge in [-0.25, -0.2) is 0 Å². The van der Waals surface area contributed by atoms with Gasteiger partial charge < -0.3 is 20.3 Å². The molecule has 306 valence electrons. The number of aryl methyl sites for hydroxylation is 1. The van der Waals surface area contributed by atoms with Gasteiger partial charge in [0, 0.05) is 44.0 Å². The van der Waals surface area contributed by atoms with Gasteiger partial charge in [0.15, 0.2) is 0 Å². The van der Waals surface area contributed by atoms with Crippen LogP contribution in [0, 0.1) is 30.1 Å². The van der Waals surface area contributed by atoms with E-state index in [1.165, 1.54) is 31.4 Å². The maximum absolute atomic E-state index is 13.2. The Kier molecular flexibility index (Phi) is 16.5. The zero-order chi connectivity index (χ0) is 41.5. The number of nitrogens with one attached hydrogen (secondary N) is 3. The van der Waals surface area contributed by atoms with Crippen LogP contribution in [0.3, 0.4) is 0 Å². The normalized spacial score (nSPS) is 16.9. The van der Waals surface area contributed by atoms with Crippen LogP contribution in [0.1, 0.15) is 75.1 Å². The molecule has 14 heteroatoms. The fourth-order valence-electron chi connectivity index (χ4n) is 6.33. The number of imide groups is 1. The van der Waals surface area contributed by atoms with Crippen LogP contribution in [-0.4, -0.2) is 73.9 Å². The number of piperazine rings is 1. The molecular formula is C43H53F3N6O5. The number of piperidine rings is 1. The second-order valence-corrected chi connectivity index (χ2v) is 14.8. The van der Waals surface area contributed by atoms with E-state index in [0.29, 0.717) is 12.2 Å². The van der Waals surface area contributed by atoms with Crippen LogP contribution in [0.4, 0.5) is 24.5 Å². The Hall–Kier alpha value is -5.42. The standard InChI is InChI=1S/C29H37F3N4O2.C14H16N2O3/c1-4-21(2)6-5-13-35-14-16-36(17-15-35)25-9-11-26(12-10-25)38-20-22(3)28(37)34-24-8-7-23(19-33)27(18-24)29(30,31)32;1-9-2-4-10(5-3-9)8-13(18)15-11-6-7-12(17)16-14(11)19/h7-12,18,21-22H,4-6,13-17,20H2,1-3H3,(H,34,37);2-5,11H,6-8H2,1H3,(H,15,18)(H,16,17,19). The number of alkyl halides is 3. The lowest BCUT2D eigenvalue weighted by Gasteiger charge is -2.36. The van der Waals surface area contributed by atoms with Crippen molar-refractivity contribution in [2.75, 3.05) is 49.5 Å². The summed E-state index contributed by atoms with van der Waals surface area (Å²) < 4.78 is 45.3. The van der Waals surface area contributed by atoms with Crippen LogP contribution in [0.5, 0.6) is 5.75 Å². The van der Waals surface area contributed by atoms with Gasteiger partial charge in [0.25, 0.3) is 0 Å². The second-order valence-electron chi connectivity index (χ2n) is 14.8. The highest BCUT2D eigenvalue weighted by Gasteiger charge is 2.34. The predicted octanol–water partition coefficient (Wildman–Crippen LogP) is 6.64.